The second kappa shape index (κ2) is 7.47. The Bertz CT molecular complexity index is 593. The van der Waals surface area contributed by atoms with Crippen molar-refractivity contribution in [3.63, 3.8) is 0 Å². The number of piperidine rings is 1. The third-order valence-electron chi connectivity index (χ3n) is 5.51. The van der Waals surface area contributed by atoms with Crippen LogP contribution < -0.4 is 5.32 Å². The predicted octanol–water partition coefficient (Wildman–Crippen LogP) is 2.14. The zero-order valence-corrected chi connectivity index (χ0v) is 14.7. The Balaban J connectivity index is 1.52. The molecular weight excluding hydrogens is 322 g/mol. The van der Waals surface area contributed by atoms with Gasteiger partial charge in [-0.25, -0.2) is 4.79 Å². The summed E-state index contributed by atoms with van der Waals surface area (Å²) in [6, 6.07) is 3.18. The number of hydrogen-bond acceptors (Lipinski definition) is 4. The molecule has 2 fully saturated rings. The first-order chi connectivity index (χ1) is 12.0. The average molecular weight is 349 g/mol. The van der Waals surface area contributed by atoms with E-state index in [1.165, 1.54) is 0 Å². The lowest BCUT2D eigenvalue weighted by molar-refractivity contribution is -0.142. The van der Waals surface area contributed by atoms with Gasteiger partial charge in [-0.1, -0.05) is 6.92 Å². The Hall–Kier alpha value is -2.02. The molecule has 7 heteroatoms. The highest BCUT2D eigenvalue weighted by Gasteiger charge is 2.48. The Morgan fingerprint density at radius 1 is 1.40 bits per heavy atom. The average Bonchev–Trinajstić information content (AvgIpc) is 3.22. The second-order valence-corrected chi connectivity index (χ2v) is 7.25. The maximum absolute atomic E-state index is 12.3. The predicted molar refractivity (Wildman–Crippen MR) is 92.1 cm³/mol. The summed E-state index contributed by atoms with van der Waals surface area (Å²) in [4.78, 5) is 27.8. The molecule has 2 aliphatic heterocycles. The Kier molecular flexibility index (Phi) is 5.32. The molecule has 25 heavy (non-hydrogen) atoms. The van der Waals surface area contributed by atoms with Crippen molar-refractivity contribution >= 4 is 12.0 Å². The maximum atomic E-state index is 12.3. The molecule has 1 spiro atoms. The monoisotopic (exact) mass is 349 g/mol. The molecule has 0 aromatic carbocycles. The van der Waals surface area contributed by atoms with Crippen molar-refractivity contribution in [2.75, 3.05) is 26.2 Å². The lowest BCUT2D eigenvalue weighted by Gasteiger charge is -2.39. The zero-order valence-electron chi connectivity index (χ0n) is 14.7. The van der Waals surface area contributed by atoms with Gasteiger partial charge in [0.2, 0.25) is 0 Å². The van der Waals surface area contributed by atoms with Crippen LogP contribution in [-0.4, -0.2) is 59.1 Å². The third kappa shape index (κ3) is 3.98. The van der Waals surface area contributed by atoms with Crippen LogP contribution in [0.25, 0.3) is 0 Å². The van der Waals surface area contributed by atoms with Crippen LogP contribution in [0, 0.1) is 5.41 Å². The van der Waals surface area contributed by atoms with Gasteiger partial charge in [-0.2, -0.15) is 0 Å². The molecule has 3 rings (SSSR count). The van der Waals surface area contributed by atoms with Crippen LogP contribution >= 0.6 is 0 Å². The van der Waals surface area contributed by atoms with Crippen LogP contribution in [0.3, 0.4) is 0 Å². The standard InChI is InChI=1S/C18H27N3O4/c1-2-7-21-13-18(11-15(21)16(22)23)5-8-20(9-6-18)17(24)19-12-14-4-3-10-25-14/h3-4,10,15H,2,5-9,11-13H2,1H3,(H,19,24)(H,22,23)/t15-/m0/s1. The van der Waals surface area contributed by atoms with E-state index in [2.05, 4.69) is 17.1 Å². The molecule has 1 aromatic heterocycles. The highest BCUT2D eigenvalue weighted by atomic mass is 16.4. The summed E-state index contributed by atoms with van der Waals surface area (Å²) in [6.07, 6.45) is 4.98. The molecule has 1 atom stereocenters. The van der Waals surface area contributed by atoms with Crippen molar-refractivity contribution in [1.29, 1.82) is 0 Å². The largest absolute Gasteiger partial charge is 0.480 e. The molecular formula is C18H27N3O4. The summed E-state index contributed by atoms with van der Waals surface area (Å²) in [5.74, 6) is 0.0149. The molecule has 0 aliphatic carbocycles. The first-order valence-electron chi connectivity index (χ1n) is 9.05. The molecule has 0 bridgehead atoms. The molecule has 0 saturated carbocycles. The molecule has 1 aromatic rings. The van der Waals surface area contributed by atoms with E-state index in [-0.39, 0.29) is 17.5 Å². The van der Waals surface area contributed by atoms with Gasteiger partial charge in [0.05, 0.1) is 12.8 Å². The van der Waals surface area contributed by atoms with Crippen molar-refractivity contribution in [2.24, 2.45) is 5.41 Å². The number of nitrogens with one attached hydrogen (secondary N) is 1. The number of amides is 2. The van der Waals surface area contributed by atoms with Crippen molar-refractivity contribution in [3.8, 4) is 0 Å². The van der Waals surface area contributed by atoms with Crippen molar-refractivity contribution in [3.05, 3.63) is 24.2 Å². The van der Waals surface area contributed by atoms with Crippen LogP contribution in [0.5, 0.6) is 0 Å². The van der Waals surface area contributed by atoms with Crippen LogP contribution in [0.2, 0.25) is 0 Å². The summed E-state index contributed by atoms with van der Waals surface area (Å²) in [5.41, 5.74) is 0.0377. The van der Waals surface area contributed by atoms with Gasteiger partial charge in [-0.05, 0) is 49.8 Å². The molecule has 3 heterocycles. The van der Waals surface area contributed by atoms with E-state index in [0.29, 0.717) is 26.1 Å². The van der Waals surface area contributed by atoms with E-state index < -0.39 is 5.97 Å². The van der Waals surface area contributed by atoms with Gasteiger partial charge in [0, 0.05) is 19.6 Å². The Labute approximate surface area is 148 Å². The fraction of sp³-hybridized carbons (Fsp3) is 0.667. The van der Waals surface area contributed by atoms with E-state index in [1.807, 2.05) is 11.0 Å². The minimum Gasteiger partial charge on any atom is -0.480 e. The summed E-state index contributed by atoms with van der Waals surface area (Å²) in [6.45, 7) is 5.48. The van der Waals surface area contributed by atoms with E-state index in [1.54, 1.807) is 12.3 Å². The number of carboxylic acid groups (broad SMARTS) is 1. The van der Waals surface area contributed by atoms with E-state index in [9.17, 15) is 14.7 Å². The van der Waals surface area contributed by atoms with E-state index in [4.69, 9.17) is 4.42 Å². The fourth-order valence-corrected chi connectivity index (χ4v) is 4.14. The summed E-state index contributed by atoms with van der Waals surface area (Å²) >= 11 is 0. The first kappa shape index (κ1) is 17.8. The zero-order chi connectivity index (χ0) is 17.9. The van der Waals surface area contributed by atoms with Gasteiger partial charge in [0.1, 0.15) is 11.8 Å². The molecule has 2 aliphatic rings. The number of furan rings is 1. The van der Waals surface area contributed by atoms with Gasteiger partial charge in [-0.3, -0.25) is 9.69 Å². The molecule has 2 saturated heterocycles. The normalized spacial score (nSPS) is 23.1. The number of aliphatic carboxylic acids is 1. The number of carbonyl (C=O) groups is 2. The smallest absolute Gasteiger partial charge is 0.320 e. The summed E-state index contributed by atoms with van der Waals surface area (Å²) in [7, 11) is 0. The lowest BCUT2D eigenvalue weighted by Crippen LogP contribution is -2.47. The molecule has 7 nitrogen and oxygen atoms in total. The number of carboxylic acids is 1. The quantitative estimate of drug-likeness (QED) is 0.851. The van der Waals surface area contributed by atoms with Crippen molar-refractivity contribution in [1.82, 2.24) is 15.1 Å². The van der Waals surface area contributed by atoms with Gasteiger partial charge in [-0.15, -0.1) is 0 Å². The molecule has 138 valence electrons. The number of likely N-dealkylation sites (tertiary alicyclic amines) is 2. The lowest BCUT2D eigenvalue weighted by atomic mass is 9.76. The third-order valence-corrected chi connectivity index (χ3v) is 5.51. The van der Waals surface area contributed by atoms with Gasteiger partial charge in [0.15, 0.2) is 0 Å². The SMILES string of the molecule is CCCN1CC2(CCN(C(=O)NCc3ccco3)CC2)C[C@H]1C(=O)O. The number of carbonyl (C=O) groups excluding carboxylic acids is 1. The summed E-state index contributed by atoms with van der Waals surface area (Å²) < 4.78 is 5.22. The van der Waals surface area contributed by atoms with Gasteiger partial charge in [0.25, 0.3) is 0 Å². The van der Waals surface area contributed by atoms with Gasteiger partial charge >= 0.3 is 12.0 Å². The minimum absolute atomic E-state index is 0.0377. The van der Waals surface area contributed by atoms with Gasteiger partial charge < -0.3 is 19.7 Å². The van der Waals surface area contributed by atoms with Crippen LogP contribution in [0.4, 0.5) is 4.79 Å². The highest BCUT2D eigenvalue weighted by Crippen LogP contribution is 2.43. The Morgan fingerprint density at radius 3 is 2.76 bits per heavy atom. The first-order valence-corrected chi connectivity index (χ1v) is 9.05. The molecule has 2 N–H and O–H groups in total. The van der Waals surface area contributed by atoms with Crippen molar-refractivity contribution < 1.29 is 19.1 Å². The maximum Gasteiger partial charge on any atom is 0.320 e. The second-order valence-electron chi connectivity index (χ2n) is 7.25. The Morgan fingerprint density at radius 2 is 2.16 bits per heavy atom. The van der Waals surface area contributed by atoms with Crippen LogP contribution in [0.1, 0.15) is 38.4 Å². The van der Waals surface area contributed by atoms with Crippen LogP contribution in [-0.2, 0) is 11.3 Å². The molecule has 0 unspecified atom stereocenters. The fourth-order valence-electron chi connectivity index (χ4n) is 4.14. The van der Waals surface area contributed by atoms with Crippen LogP contribution in [0.15, 0.2) is 22.8 Å². The minimum atomic E-state index is -0.719. The summed E-state index contributed by atoms with van der Waals surface area (Å²) in [5, 5.41) is 12.4. The molecule has 0 radical (unpaired) electrons. The highest BCUT2D eigenvalue weighted by molar-refractivity contribution is 5.75. The van der Waals surface area contributed by atoms with Crippen molar-refractivity contribution in [2.45, 2.75) is 45.2 Å². The number of nitrogens with zero attached hydrogens (tertiary/aromatic N) is 2. The number of rotatable bonds is 5. The number of hydrogen-bond donors (Lipinski definition) is 2. The topological polar surface area (TPSA) is 86.0 Å². The van der Waals surface area contributed by atoms with E-state index >= 15 is 0 Å². The number of urea groups is 1. The molecule has 2 amide bonds. The van der Waals surface area contributed by atoms with E-state index in [0.717, 1.165) is 38.1 Å².